The maximum atomic E-state index is 14.1. The van der Waals surface area contributed by atoms with Crippen molar-refractivity contribution in [2.24, 2.45) is 0 Å². The number of fused-ring (bicyclic) bond motifs is 1. The van der Waals surface area contributed by atoms with E-state index in [0.717, 1.165) is 46.2 Å². The summed E-state index contributed by atoms with van der Waals surface area (Å²) >= 11 is 0. The van der Waals surface area contributed by atoms with E-state index in [0.29, 0.717) is 20.9 Å². The first kappa shape index (κ1) is 26.6. The summed E-state index contributed by atoms with van der Waals surface area (Å²) in [5.74, 6) is -0.114. The molecule has 0 N–H and O–H groups in total. The number of rotatable bonds is 6. The van der Waals surface area contributed by atoms with Crippen molar-refractivity contribution in [3.63, 3.8) is 0 Å². The molecule has 3 heteroatoms. The molecule has 0 fully saturated rings. The topological polar surface area (TPSA) is 34.1 Å². The largest absolute Gasteiger partial charge is 0.289 e. The molecule has 4 aromatic rings. The van der Waals surface area contributed by atoms with Crippen molar-refractivity contribution in [2.45, 2.75) is 24.7 Å². The quantitative estimate of drug-likeness (QED) is 0.239. The average Bonchev–Trinajstić information content (AvgIpc) is 3.04. The number of Topliss-reactive ketones (excluding diaryl/α,β-unsaturated/α-hetero) is 1. The standard InChI is InChI=1S/C38H30O2S/c1-2-13-36-34(24-22-29-18-9-10-19-31(29)27-14-5-3-6-15-27)38(39)35-26-30(23-25-37(35)41(36)40)33-21-12-11-20-32(33)28-16-7-4-8-17-28/h2-3,5-7,9-26H,4,8H2,1H3/b13-2-,24-22+. The van der Waals surface area contributed by atoms with E-state index in [9.17, 15) is 9.00 Å². The van der Waals surface area contributed by atoms with Crippen LogP contribution in [0.2, 0.25) is 0 Å². The molecule has 0 spiro atoms. The van der Waals surface area contributed by atoms with E-state index >= 15 is 0 Å². The van der Waals surface area contributed by atoms with Crippen LogP contribution in [-0.2, 0) is 10.8 Å². The minimum absolute atomic E-state index is 0.114. The molecule has 0 saturated heterocycles. The number of allylic oxidation sites excluding steroid dienone is 8. The molecule has 0 bridgehead atoms. The van der Waals surface area contributed by atoms with Crippen LogP contribution < -0.4 is 0 Å². The van der Waals surface area contributed by atoms with Gasteiger partial charge in [-0.05, 0) is 83.0 Å². The summed E-state index contributed by atoms with van der Waals surface area (Å²) < 4.78 is 13.8. The van der Waals surface area contributed by atoms with Crippen LogP contribution in [0, 0.1) is 0 Å². The van der Waals surface area contributed by atoms with E-state index < -0.39 is 10.8 Å². The van der Waals surface area contributed by atoms with Gasteiger partial charge in [0.2, 0.25) is 0 Å². The minimum atomic E-state index is -1.48. The third-order valence-electron chi connectivity index (χ3n) is 7.47. The second-order valence-electron chi connectivity index (χ2n) is 10.1. The molecule has 1 aliphatic heterocycles. The van der Waals surface area contributed by atoms with Gasteiger partial charge in [0.05, 0.1) is 20.6 Å². The highest BCUT2D eigenvalue weighted by Crippen LogP contribution is 2.37. The summed E-state index contributed by atoms with van der Waals surface area (Å²) in [5, 5.41) is 0. The van der Waals surface area contributed by atoms with Gasteiger partial charge in [-0.25, -0.2) is 4.21 Å². The molecule has 200 valence electrons. The van der Waals surface area contributed by atoms with Gasteiger partial charge in [-0.3, -0.25) is 4.79 Å². The van der Waals surface area contributed by atoms with E-state index in [1.807, 2.05) is 91.9 Å². The van der Waals surface area contributed by atoms with Crippen LogP contribution in [0.15, 0.2) is 149 Å². The Bertz CT molecular complexity index is 1820. The maximum Gasteiger partial charge on any atom is 0.195 e. The van der Waals surface area contributed by atoms with Crippen molar-refractivity contribution in [3.8, 4) is 22.3 Å². The van der Waals surface area contributed by atoms with Gasteiger partial charge in [0.25, 0.3) is 0 Å². The highest BCUT2D eigenvalue weighted by atomic mass is 32.2. The van der Waals surface area contributed by atoms with Crippen LogP contribution in [0.3, 0.4) is 0 Å². The lowest BCUT2D eigenvalue weighted by Gasteiger charge is -2.20. The Morgan fingerprint density at radius 3 is 2.17 bits per heavy atom. The third-order valence-corrected chi connectivity index (χ3v) is 8.98. The molecule has 41 heavy (non-hydrogen) atoms. The minimum Gasteiger partial charge on any atom is -0.289 e. The number of hydrogen-bond donors (Lipinski definition) is 0. The van der Waals surface area contributed by atoms with Crippen LogP contribution in [0.5, 0.6) is 0 Å². The van der Waals surface area contributed by atoms with E-state index in [1.165, 1.54) is 5.57 Å². The lowest BCUT2D eigenvalue weighted by Crippen LogP contribution is -2.17. The van der Waals surface area contributed by atoms with E-state index in [1.54, 1.807) is 6.08 Å². The van der Waals surface area contributed by atoms with Crippen molar-refractivity contribution >= 4 is 28.2 Å². The van der Waals surface area contributed by atoms with Gasteiger partial charge in [-0.2, -0.15) is 0 Å². The zero-order chi connectivity index (χ0) is 28.2. The average molecular weight is 551 g/mol. The predicted molar refractivity (Wildman–Crippen MR) is 172 cm³/mol. The molecule has 0 aromatic heterocycles. The second-order valence-corrected chi connectivity index (χ2v) is 11.5. The van der Waals surface area contributed by atoms with Crippen LogP contribution in [0.4, 0.5) is 0 Å². The molecular formula is C38H30O2S. The smallest absolute Gasteiger partial charge is 0.195 e. The summed E-state index contributed by atoms with van der Waals surface area (Å²) in [6.07, 6.45) is 16.1. The number of hydrogen-bond acceptors (Lipinski definition) is 2. The van der Waals surface area contributed by atoms with Crippen LogP contribution in [-0.4, -0.2) is 9.99 Å². The highest BCUT2D eigenvalue weighted by molar-refractivity contribution is 7.89. The summed E-state index contributed by atoms with van der Waals surface area (Å²) in [7, 11) is -1.48. The van der Waals surface area contributed by atoms with Gasteiger partial charge in [0.1, 0.15) is 0 Å². The first-order valence-corrected chi connectivity index (χ1v) is 15.1. The molecule has 0 amide bonds. The molecule has 1 atom stereocenters. The zero-order valence-electron chi connectivity index (χ0n) is 22.9. The van der Waals surface area contributed by atoms with Gasteiger partial charge in [0.15, 0.2) is 5.78 Å². The van der Waals surface area contributed by atoms with E-state index in [-0.39, 0.29) is 5.78 Å². The fourth-order valence-electron chi connectivity index (χ4n) is 5.47. The van der Waals surface area contributed by atoms with Gasteiger partial charge in [-0.15, -0.1) is 0 Å². The third kappa shape index (κ3) is 5.29. The lowest BCUT2D eigenvalue weighted by molar-refractivity contribution is 0.103. The van der Waals surface area contributed by atoms with Gasteiger partial charge in [-0.1, -0.05) is 115 Å². The van der Waals surface area contributed by atoms with Gasteiger partial charge in [0, 0.05) is 11.1 Å². The first-order chi connectivity index (χ1) is 20.2. The Kier molecular flexibility index (Phi) is 7.71. The summed E-state index contributed by atoms with van der Waals surface area (Å²) in [6, 6.07) is 32.3. The SMILES string of the molecule is C/C=C\C1=C(/C=C/c2ccccc2-c2ccccc2)C(=O)c2cc(-c3ccccc3C3=CCCC=C3)ccc2S1=O. The van der Waals surface area contributed by atoms with Crippen LogP contribution in [0.25, 0.3) is 33.9 Å². The number of ketones is 1. The fraction of sp³-hybridized carbons (Fsp3) is 0.0789. The Morgan fingerprint density at radius 1 is 0.683 bits per heavy atom. The highest BCUT2D eigenvalue weighted by Gasteiger charge is 2.29. The summed E-state index contributed by atoms with van der Waals surface area (Å²) in [4.78, 5) is 15.2. The van der Waals surface area contributed by atoms with Crippen molar-refractivity contribution in [1.82, 2.24) is 0 Å². The molecule has 4 aromatic carbocycles. The Labute approximate surface area is 244 Å². The molecule has 1 unspecified atom stereocenters. The molecule has 2 aliphatic rings. The fourth-order valence-corrected chi connectivity index (χ4v) is 6.87. The molecule has 2 nitrogen and oxygen atoms in total. The van der Waals surface area contributed by atoms with Crippen molar-refractivity contribution in [2.75, 3.05) is 0 Å². The van der Waals surface area contributed by atoms with Crippen molar-refractivity contribution in [1.29, 1.82) is 0 Å². The monoisotopic (exact) mass is 550 g/mol. The van der Waals surface area contributed by atoms with Crippen LogP contribution >= 0.6 is 0 Å². The van der Waals surface area contributed by atoms with E-state index in [4.69, 9.17) is 0 Å². The maximum absolute atomic E-state index is 14.1. The molecular weight excluding hydrogens is 520 g/mol. The Morgan fingerprint density at radius 2 is 1.41 bits per heavy atom. The number of carbonyl (C=O) groups is 1. The second kappa shape index (κ2) is 11.9. The molecule has 1 heterocycles. The number of benzene rings is 4. The first-order valence-electron chi connectivity index (χ1n) is 13.9. The molecule has 6 rings (SSSR count). The number of carbonyl (C=O) groups excluding carboxylic acids is 1. The van der Waals surface area contributed by atoms with E-state index in [2.05, 4.69) is 48.6 Å². The Hall–Kier alpha value is -4.60. The van der Waals surface area contributed by atoms with Crippen molar-refractivity contribution in [3.05, 3.63) is 161 Å². The van der Waals surface area contributed by atoms with Gasteiger partial charge < -0.3 is 0 Å². The van der Waals surface area contributed by atoms with Crippen molar-refractivity contribution < 1.29 is 9.00 Å². The Balaban J connectivity index is 1.43. The molecule has 0 radical (unpaired) electrons. The molecule has 0 saturated carbocycles. The lowest BCUT2D eigenvalue weighted by atomic mass is 9.90. The molecule has 1 aliphatic carbocycles. The normalized spacial score (nSPS) is 16.9. The van der Waals surface area contributed by atoms with Crippen LogP contribution in [0.1, 0.15) is 41.3 Å². The zero-order valence-corrected chi connectivity index (χ0v) is 23.7. The summed E-state index contributed by atoms with van der Waals surface area (Å²) in [5.41, 5.74) is 8.45. The predicted octanol–water partition coefficient (Wildman–Crippen LogP) is 9.60. The summed E-state index contributed by atoms with van der Waals surface area (Å²) in [6.45, 7) is 1.88. The van der Waals surface area contributed by atoms with Gasteiger partial charge >= 0.3 is 0 Å².